The first-order valence-electron chi connectivity index (χ1n) is 15.6. The van der Waals surface area contributed by atoms with Gasteiger partial charge >= 0.3 is 12.1 Å². The van der Waals surface area contributed by atoms with Crippen molar-refractivity contribution in [3.63, 3.8) is 0 Å². The fraction of sp³-hybridized carbons (Fsp3) is 0.429. The maximum atomic E-state index is 12.7. The minimum absolute atomic E-state index is 0.155. The molecule has 0 spiro atoms. The van der Waals surface area contributed by atoms with Crippen LogP contribution in [0, 0.1) is 0 Å². The predicted octanol–water partition coefficient (Wildman–Crippen LogP) is 4.32. The summed E-state index contributed by atoms with van der Waals surface area (Å²) in [5, 5.41) is 0. The smallest absolute Gasteiger partial charge is 0.459 e. The lowest BCUT2D eigenvalue weighted by atomic mass is 9.96. The molecule has 4 heterocycles. The molecule has 4 aliphatic heterocycles. The standard InChI is InChI=1S/C35H36O12/c1-38-34-31(45-27-17-24-28(47-35(37)44-24)25(42-27)19-40-32(36)22-13-7-3-8-14-22)30(39-18-21-11-5-2-6-12-21)29-26(43-34)20-41-33(46-29)23-15-9-4-10-16-23/h2-16,24-31,33-34H,17-20H2,1H3/t24-,25-,26-,27-,28+,29-,30+,31-,33-,34+/m1/s1. The van der Waals surface area contributed by atoms with Gasteiger partial charge in [0.05, 0.1) is 18.8 Å². The van der Waals surface area contributed by atoms with Crippen molar-refractivity contribution in [1.82, 2.24) is 0 Å². The lowest BCUT2D eigenvalue weighted by Crippen LogP contribution is -2.64. The summed E-state index contributed by atoms with van der Waals surface area (Å²) in [6.07, 6.45) is -8.09. The molecule has 3 aromatic carbocycles. The van der Waals surface area contributed by atoms with Gasteiger partial charge in [-0.3, -0.25) is 0 Å². The highest BCUT2D eigenvalue weighted by atomic mass is 16.8. The number of ether oxygens (including phenoxy) is 10. The van der Waals surface area contributed by atoms with Gasteiger partial charge in [-0.25, -0.2) is 9.59 Å². The highest BCUT2D eigenvalue weighted by Gasteiger charge is 2.55. The molecule has 0 N–H and O–H groups in total. The summed E-state index contributed by atoms with van der Waals surface area (Å²) in [5.74, 6) is -0.538. The van der Waals surface area contributed by atoms with Crippen molar-refractivity contribution in [2.75, 3.05) is 20.3 Å². The Kier molecular flexibility index (Phi) is 9.77. The number of carbonyl (C=O) groups is 2. The van der Waals surface area contributed by atoms with Crippen LogP contribution < -0.4 is 0 Å². The second kappa shape index (κ2) is 14.5. The molecular weight excluding hydrogens is 612 g/mol. The van der Waals surface area contributed by atoms with Gasteiger partial charge in [-0.05, 0) is 17.7 Å². The van der Waals surface area contributed by atoms with Crippen LogP contribution in [-0.4, -0.2) is 87.8 Å². The van der Waals surface area contributed by atoms with E-state index in [-0.39, 0.29) is 26.2 Å². The van der Waals surface area contributed by atoms with Crippen molar-refractivity contribution in [2.24, 2.45) is 0 Å². The van der Waals surface area contributed by atoms with Gasteiger partial charge in [0.2, 0.25) is 0 Å². The number of carbonyl (C=O) groups excluding carboxylic acids is 2. The lowest BCUT2D eigenvalue weighted by Gasteiger charge is -2.49. The fourth-order valence-electron chi connectivity index (χ4n) is 6.25. The topological polar surface area (TPSA) is 126 Å². The molecule has 248 valence electrons. The number of benzene rings is 3. The molecule has 0 amide bonds. The molecule has 10 atom stereocenters. The zero-order valence-electron chi connectivity index (χ0n) is 25.7. The van der Waals surface area contributed by atoms with Crippen LogP contribution in [0.25, 0.3) is 0 Å². The zero-order chi connectivity index (χ0) is 32.2. The van der Waals surface area contributed by atoms with Crippen LogP contribution in [0.3, 0.4) is 0 Å². The number of hydrogen-bond donors (Lipinski definition) is 0. The summed E-state index contributed by atoms with van der Waals surface area (Å²) in [7, 11) is 1.52. The fourth-order valence-corrected chi connectivity index (χ4v) is 6.25. The van der Waals surface area contributed by atoms with E-state index in [2.05, 4.69) is 0 Å². The average molecular weight is 649 g/mol. The molecule has 4 aliphatic rings. The van der Waals surface area contributed by atoms with E-state index in [0.717, 1.165) is 11.1 Å². The Balaban J connectivity index is 1.11. The SMILES string of the molecule is CO[C@H]1O[C@@H]2CO[C@@H](c3ccccc3)O[C@H]2[C@H](OCc2ccccc2)[C@H]1O[C@@H]1C[C@H]2OC(=O)O[C@@H]2[C@@H](COC(=O)c2ccccc2)O1. The third-order valence-electron chi connectivity index (χ3n) is 8.53. The highest BCUT2D eigenvalue weighted by molar-refractivity contribution is 5.89. The number of methoxy groups -OCH3 is 1. The second-order valence-corrected chi connectivity index (χ2v) is 11.6. The van der Waals surface area contributed by atoms with E-state index < -0.39 is 73.7 Å². The van der Waals surface area contributed by atoms with E-state index in [4.69, 9.17) is 47.4 Å². The molecule has 0 saturated carbocycles. The summed E-state index contributed by atoms with van der Waals surface area (Å²) in [4.78, 5) is 24.8. The van der Waals surface area contributed by atoms with Crippen LogP contribution in [0.1, 0.15) is 34.2 Å². The maximum absolute atomic E-state index is 12.7. The molecule has 47 heavy (non-hydrogen) atoms. The Bertz CT molecular complexity index is 1470. The average Bonchev–Trinajstić information content (AvgIpc) is 3.50. The maximum Gasteiger partial charge on any atom is 0.509 e. The molecule has 0 aliphatic carbocycles. The molecule has 12 nitrogen and oxygen atoms in total. The number of esters is 1. The summed E-state index contributed by atoms with van der Waals surface area (Å²) in [6.45, 7) is 0.316. The third-order valence-corrected chi connectivity index (χ3v) is 8.53. The van der Waals surface area contributed by atoms with Crippen molar-refractivity contribution in [3.8, 4) is 0 Å². The first kappa shape index (κ1) is 31.7. The van der Waals surface area contributed by atoms with Gasteiger partial charge in [-0.1, -0.05) is 78.9 Å². The number of rotatable bonds is 10. The van der Waals surface area contributed by atoms with Crippen LogP contribution >= 0.6 is 0 Å². The number of fused-ring (bicyclic) bond motifs is 2. The molecule has 0 radical (unpaired) electrons. The quantitative estimate of drug-likeness (QED) is 0.291. The Morgan fingerprint density at radius 3 is 2.28 bits per heavy atom. The minimum atomic E-state index is -0.929. The predicted molar refractivity (Wildman–Crippen MR) is 161 cm³/mol. The van der Waals surface area contributed by atoms with Crippen molar-refractivity contribution >= 4 is 12.1 Å². The molecule has 4 fully saturated rings. The van der Waals surface area contributed by atoms with E-state index in [1.54, 1.807) is 30.3 Å². The molecule has 12 heteroatoms. The normalized spacial score (nSPS) is 33.2. The Labute approximate surface area is 271 Å². The summed E-state index contributed by atoms with van der Waals surface area (Å²) in [5.41, 5.74) is 2.20. The Morgan fingerprint density at radius 2 is 1.53 bits per heavy atom. The minimum Gasteiger partial charge on any atom is -0.459 e. The molecule has 0 aromatic heterocycles. The Hall–Kier alpha value is -3.88. The molecule has 7 rings (SSSR count). The van der Waals surface area contributed by atoms with Gasteiger partial charge < -0.3 is 47.4 Å². The van der Waals surface area contributed by atoms with Crippen LogP contribution in [0.5, 0.6) is 0 Å². The number of hydrogen-bond acceptors (Lipinski definition) is 12. The van der Waals surface area contributed by atoms with Gasteiger partial charge in [0, 0.05) is 19.1 Å². The summed E-state index contributed by atoms with van der Waals surface area (Å²) < 4.78 is 60.4. The largest absolute Gasteiger partial charge is 0.509 e. The van der Waals surface area contributed by atoms with E-state index in [1.165, 1.54) is 7.11 Å². The van der Waals surface area contributed by atoms with Crippen LogP contribution in [-0.2, 0) is 54.0 Å². The third kappa shape index (κ3) is 7.19. The van der Waals surface area contributed by atoms with E-state index in [0.29, 0.717) is 5.56 Å². The van der Waals surface area contributed by atoms with Gasteiger partial charge in [-0.15, -0.1) is 0 Å². The zero-order valence-corrected chi connectivity index (χ0v) is 25.7. The summed E-state index contributed by atoms with van der Waals surface area (Å²) >= 11 is 0. The molecule has 3 aromatic rings. The van der Waals surface area contributed by atoms with Crippen molar-refractivity contribution in [2.45, 2.75) is 74.6 Å². The van der Waals surface area contributed by atoms with Crippen LogP contribution in [0.4, 0.5) is 4.79 Å². The van der Waals surface area contributed by atoms with Gasteiger partial charge in [0.1, 0.15) is 43.2 Å². The van der Waals surface area contributed by atoms with Gasteiger partial charge in [0.25, 0.3) is 0 Å². The van der Waals surface area contributed by atoms with E-state index in [9.17, 15) is 9.59 Å². The van der Waals surface area contributed by atoms with Crippen molar-refractivity contribution in [1.29, 1.82) is 0 Å². The second-order valence-electron chi connectivity index (χ2n) is 11.6. The molecular formula is C35H36O12. The Morgan fingerprint density at radius 1 is 0.809 bits per heavy atom. The first-order chi connectivity index (χ1) is 23.1. The molecule has 0 unspecified atom stereocenters. The van der Waals surface area contributed by atoms with E-state index >= 15 is 0 Å². The van der Waals surface area contributed by atoms with E-state index in [1.807, 2.05) is 60.7 Å². The van der Waals surface area contributed by atoms with Crippen molar-refractivity contribution in [3.05, 3.63) is 108 Å². The molecule has 4 saturated heterocycles. The molecule has 0 bridgehead atoms. The van der Waals surface area contributed by atoms with Gasteiger partial charge in [-0.2, -0.15) is 0 Å². The van der Waals surface area contributed by atoms with Crippen molar-refractivity contribution < 1.29 is 57.0 Å². The van der Waals surface area contributed by atoms with Gasteiger partial charge in [0.15, 0.2) is 25.0 Å². The van der Waals surface area contributed by atoms with Crippen LogP contribution in [0.2, 0.25) is 0 Å². The van der Waals surface area contributed by atoms with Crippen LogP contribution in [0.15, 0.2) is 91.0 Å². The monoisotopic (exact) mass is 648 g/mol. The lowest BCUT2D eigenvalue weighted by molar-refractivity contribution is -0.385. The highest BCUT2D eigenvalue weighted by Crippen LogP contribution is 2.39. The first-order valence-corrected chi connectivity index (χ1v) is 15.6. The summed E-state index contributed by atoms with van der Waals surface area (Å²) in [6, 6.07) is 28.0.